The van der Waals surface area contributed by atoms with Crippen LogP contribution in [0.15, 0.2) is 0 Å². The number of aryl methyl sites for hydroxylation is 2. The molecule has 1 saturated carbocycles. The van der Waals surface area contributed by atoms with Gasteiger partial charge < -0.3 is 4.90 Å². The largest absolute Gasteiger partial charge is 0.356 e. The first-order valence-electron chi connectivity index (χ1n) is 9.36. The highest BCUT2D eigenvalue weighted by Gasteiger charge is 2.31. The molecule has 2 aromatic rings. The first kappa shape index (κ1) is 14.2. The second-order valence-corrected chi connectivity index (χ2v) is 8.82. The average molecular weight is 327 g/mol. The normalized spacial score (nSPS) is 22.6. The molecule has 3 heterocycles. The van der Waals surface area contributed by atoms with E-state index in [0.29, 0.717) is 5.92 Å². The number of rotatable bonds is 2. The zero-order chi connectivity index (χ0) is 15.4. The van der Waals surface area contributed by atoms with Gasteiger partial charge in [-0.15, -0.1) is 11.3 Å². The fourth-order valence-corrected chi connectivity index (χ4v) is 5.39. The van der Waals surface area contributed by atoms with Gasteiger partial charge in [0.15, 0.2) is 0 Å². The number of hydrogen-bond donors (Lipinski definition) is 0. The van der Waals surface area contributed by atoms with Crippen molar-refractivity contribution in [2.24, 2.45) is 5.92 Å². The minimum absolute atomic E-state index is 0.640. The molecule has 0 spiro atoms. The standard InChI is InChI=1S/C19H25N3S/c1-12-8-10-22(11-9-12)18-16-14-4-2-3-5-15(14)23-19(16)21-17(20-18)13-6-7-13/h12-13H,2-11H2,1H3. The molecule has 122 valence electrons. The second-order valence-electron chi connectivity index (χ2n) is 7.74. The van der Waals surface area contributed by atoms with Crippen LogP contribution in [0.3, 0.4) is 0 Å². The van der Waals surface area contributed by atoms with Crippen LogP contribution in [0.5, 0.6) is 0 Å². The molecule has 1 saturated heterocycles. The summed E-state index contributed by atoms with van der Waals surface area (Å²) in [5.74, 6) is 3.91. The molecule has 23 heavy (non-hydrogen) atoms. The third kappa shape index (κ3) is 2.46. The average Bonchev–Trinajstić information content (AvgIpc) is 3.35. The molecule has 0 atom stereocenters. The van der Waals surface area contributed by atoms with Crippen molar-refractivity contribution in [1.29, 1.82) is 0 Å². The number of fused-ring (bicyclic) bond motifs is 3. The molecule has 0 aromatic carbocycles. The van der Waals surface area contributed by atoms with Crippen LogP contribution >= 0.6 is 11.3 Å². The van der Waals surface area contributed by atoms with Crippen molar-refractivity contribution in [3.63, 3.8) is 0 Å². The molecule has 3 aliphatic rings. The van der Waals surface area contributed by atoms with Gasteiger partial charge in [0.05, 0.1) is 5.39 Å². The van der Waals surface area contributed by atoms with E-state index in [1.807, 2.05) is 11.3 Å². The topological polar surface area (TPSA) is 29.0 Å². The number of hydrogen-bond acceptors (Lipinski definition) is 4. The maximum Gasteiger partial charge on any atom is 0.141 e. The third-order valence-corrected chi connectivity index (χ3v) is 7.02. The summed E-state index contributed by atoms with van der Waals surface area (Å²) >= 11 is 1.96. The minimum atomic E-state index is 0.640. The van der Waals surface area contributed by atoms with Crippen LogP contribution in [0.4, 0.5) is 5.82 Å². The molecule has 2 aromatic heterocycles. The Kier molecular flexibility index (Phi) is 3.36. The smallest absolute Gasteiger partial charge is 0.141 e. The fourth-order valence-electron chi connectivity index (χ4n) is 4.13. The van der Waals surface area contributed by atoms with Gasteiger partial charge in [0.2, 0.25) is 0 Å². The van der Waals surface area contributed by atoms with Crippen LogP contribution in [-0.2, 0) is 12.8 Å². The van der Waals surface area contributed by atoms with Gasteiger partial charge in [-0.05, 0) is 62.8 Å². The van der Waals surface area contributed by atoms with E-state index in [9.17, 15) is 0 Å². The molecule has 0 radical (unpaired) electrons. The molecule has 0 amide bonds. The summed E-state index contributed by atoms with van der Waals surface area (Å²) < 4.78 is 0. The van der Waals surface area contributed by atoms with E-state index >= 15 is 0 Å². The van der Waals surface area contributed by atoms with E-state index in [1.165, 1.54) is 80.5 Å². The fraction of sp³-hybridized carbons (Fsp3) is 0.684. The Hall–Kier alpha value is -1.16. The number of anilines is 1. The van der Waals surface area contributed by atoms with Crippen LogP contribution in [-0.4, -0.2) is 23.1 Å². The minimum Gasteiger partial charge on any atom is -0.356 e. The van der Waals surface area contributed by atoms with Crippen molar-refractivity contribution in [3.05, 3.63) is 16.3 Å². The quantitative estimate of drug-likeness (QED) is 0.801. The number of piperidine rings is 1. The van der Waals surface area contributed by atoms with Crippen LogP contribution in [0.1, 0.15) is 67.6 Å². The Balaban J connectivity index is 1.66. The van der Waals surface area contributed by atoms with Crippen molar-refractivity contribution in [2.75, 3.05) is 18.0 Å². The SMILES string of the molecule is CC1CCN(c2nc(C3CC3)nc3sc4c(c23)CCCC4)CC1. The lowest BCUT2D eigenvalue weighted by molar-refractivity contribution is 0.437. The highest BCUT2D eigenvalue weighted by Crippen LogP contribution is 2.44. The Morgan fingerprint density at radius 1 is 1.00 bits per heavy atom. The van der Waals surface area contributed by atoms with Gasteiger partial charge in [-0.25, -0.2) is 9.97 Å². The van der Waals surface area contributed by atoms with Crippen LogP contribution in [0, 0.1) is 5.92 Å². The number of aromatic nitrogens is 2. The Labute approximate surface area is 142 Å². The highest BCUT2D eigenvalue weighted by atomic mass is 32.1. The van der Waals surface area contributed by atoms with Crippen LogP contribution in [0.25, 0.3) is 10.2 Å². The maximum atomic E-state index is 5.11. The van der Waals surface area contributed by atoms with E-state index < -0.39 is 0 Å². The van der Waals surface area contributed by atoms with E-state index in [2.05, 4.69) is 11.8 Å². The summed E-state index contributed by atoms with van der Waals surface area (Å²) in [6.07, 6.45) is 10.3. The lowest BCUT2D eigenvalue weighted by atomic mass is 9.95. The molecule has 0 unspecified atom stereocenters. The van der Waals surface area contributed by atoms with E-state index in [1.54, 1.807) is 10.4 Å². The van der Waals surface area contributed by atoms with Crippen molar-refractivity contribution in [2.45, 2.75) is 64.2 Å². The van der Waals surface area contributed by atoms with Crippen molar-refractivity contribution in [3.8, 4) is 0 Å². The summed E-state index contributed by atoms with van der Waals surface area (Å²) in [4.78, 5) is 15.6. The molecular weight excluding hydrogens is 302 g/mol. The van der Waals surface area contributed by atoms with Gasteiger partial charge in [0, 0.05) is 23.9 Å². The van der Waals surface area contributed by atoms with Gasteiger partial charge in [-0.1, -0.05) is 6.92 Å². The molecule has 2 fully saturated rings. The van der Waals surface area contributed by atoms with Crippen molar-refractivity contribution >= 4 is 27.4 Å². The summed E-state index contributed by atoms with van der Waals surface area (Å²) in [7, 11) is 0. The zero-order valence-electron chi connectivity index (χ0n) is 14.0. The summed E-state index contributed by atoms with van der Waals surface area (Å²) in [5, 5.41) is 1.42. The van der Waals surface area contributed by atoms with Crippen molar-refractivity contribution in [1.82, 2.24) is 9.97 Å². The Bertz CT molecular complexity index is 739. The lowest BCUT2D eigenvalue weighted by Gasteiger charge is -2.32. The second kappa shape index (κ2) is 5.44. The van der Waals surface area contributed by atoms with Gasteiger partial charge in [-0.2, -0.15) is 0 Å². The Morgan fingerprint density at radius 2 is 1.78 bits per heavy atom. The molecule has 4 heteroatoms. The Morgan fingerprint density at radius 3 is 2.57 bits per heavy atom. The maximum absolute atomic E-state index is 5.11. The van der Waals surface area contributed by atoms with E-state index in [-0.39, 0.29) is 0 Å². The van der Waals surface area contributed by atoms with Crippen molar-refractivity contribution < 1.29 is 0 Å². The first-order chi connectivity index (χ1) is 11.3. The molecule has 2 aliphatic carbocycles. The molecular formula is C19H25N3S. The molecule has 3 nitrogen and oxygen atoms in total. The molecule has 1 aliphatic heterocycles. The predicted octanol–water partition coefficient (Wildman–Crippen LogP) is 4.68. The molecule has 0 bridgehead atoms. The van der Waals surface area contributed by atoms with E-state index in [0.717, 1.165) is 11.7 Å². The third-order valence-electron chi connectivity index (χ3n) is 5.84. The molecule has 5 rings (SSSR count). The summed E-state index contributed by atoms with van der Waals surface area (Å²) in [6.45, 7) is 4.72. The monoisotopic (exact) mass is 327 g/mol. The first-order valence-corrected chi connectivity index (χ1v) is 10.2. The van der Waals surface area contributed by atoms with Crippen LogP contribution in [0.2, 0.25) is 0 Å². The lowest BCUT2D eigenvalue weighted by Crippen LogP contribution is -2.33. The predicted molar refractivity (Wildman–Crippen MR) is 96.6 cm³/mol. The summed E-state index contributed by atoms with van der Waals surface area (Å²) in [6, 6.07) is 0. The number of thiophene rings is 1. The summed E-state index contributed by atoms with van der Waals surface area (Å²) in [5.41, 5.74) is 1.59. The van der Waals surface area contributed by atoms with Gasteiger partial charge in [-0.3, -0.25) is 0 Å². The highest BCUT2D eigenvalue weighted by molar-refractivity contribution is 7.19. The van der Waals surface area contributed by atoms with E-state index in [4.69, 9.17) is 9.97 Å². The molecule has 0 N–H and O–H groups in total. The van der Waals surface area contributed by atoms with Gasteiger partial charge >= 0.3 is 0 Å². The van der Waals surface area contributed by atoms with Crippen LogP contribution < -0.4 is 4.90 Å². The number of nitrogens with zero attached hydrogens (tertiary/aromatic N) is 3. The van der Waals surface area contributed by atoms with Gasteiger partial charge in [0.1, 0.15) is 16.5 Å². The zero-order valence-corrected chi connectivity index (χ0v) is 14.8. The van der Waals surface area contributed by atoms with Gasteiger partial charge in [0.25, 0.3) is 0 Å².